The number of sulfonamides is 1. The van der Waals surface area contributed by atoms with Crippen molar-refractivity contribution in [2.24, 2.45) is 0 Å². The molecule has 2 rings (SSSR count). The molecule has 0 aliphatic rings. The Bertz CT molecular complexity index is 684. The van der Waals surface area contributed by atoms with E-state index in [-0.39, 0.29) is 0 Å². The fraction of sp³-hybridized carbons (Fsp3) is 0.294. The Hall–Kier alpha value is -1.17. The van der Waals surface area contributed by atoms with Crippen LogP contribution in [0.15, 0.2) is 59.5 Å². The molecule has 0 aromatic heterocycles. The summed E-state index contributed by atoms with van der Waals surface area (Å²) >= 11 is 3.39. The summed E-state index contributed by atoms with van der Waals surface area (Å²) < 4.78 is 27.0. The van der Waals surface area contributed by atoms with Crippen LogP contribution < -0.4 is 0 Å². The second-order valence-electron chi connectivity index (χ2n) is 5.00. The molecule has 3 nitrogen and oxygen atoms in total. The summed E-state index contributed by atoms with van der Waals surface area (Å²) in [4.78, 5) is 0.351. The number of hydrogen-bond acceptors (Lipinski definition) is 2. The van der Waals surface area contributed by atoms with Gasteiger partial charge in [-0.25, -0.2) is 8.42 Å². The predicted molar refractivity (Wildman–Crippen MR) is 93.7 cm³/mol. The Balaban J connectivity index is 2.22. The Labute approximate surface area is 141 Å². The summed E-state index contributed by atoms with van der Waals surface area (Å²) in [7, 11) is -3.46. The van der Waals surface area contributed by atoms with Crippen molar-refractivity contribution < 1.29 is 8.42 Å². The average molecular weight is 382 g/mol. The standard InChI is InChI=1S/C17H20BrNO2S/c1-2-19(14-16-6-4-3-5-7-16)22(20,21)17-10-8-15(9-11-17)12-13-18/h3-11H,2,12-14H2,1H3. The van der Waals surface area contributed by atoms with Crippen molar-refractivity contribution in [3.63, 3.8) is 0 Å². The van der Waals surface area contributed by atoms with Crippen molar-refractivity contribution >= 4 is 26.0 Å². The Morgan fingerprint density at radius 2 is 1.59 bits per heavy atom. The maximum atomic E-state index is 12.8. The highest BCUT2D eigenvalue weighted by Gasteiger charge is 2.22. The topological polar surface area (TPSA) is 37.4 Å². The SMILES string of the molecule is CCN(Cc1ccccc1)S(=O)(=O)c1ccc(CCBr)cc1. The zero-order valence-electron chi connectivity index (χ0n) is 12.6. The van der Waals surface area contributed by atoms with Gasteiger partial charge in [-0.15, -0.1) is 0 Å². The highest BCUT2D eigenvalue weighted by molar-refractivity contribution is 9.09. The zero-order chi connectivity index (χ0) is 16.0. The minimum Gasteiger partial charge on any atom is -0.207 e. The largest absolute Gasteiger partial charge is 0.243 e. The van der Waals surface area contributed by atoms with Crippen LogP contribution in [0.3, 0.4) is 0 Å². The average Bonchev–Trinajstić information content (AvgIpc) is 2.54. The normalized spacial score (nSPS) is 11.8. The van der Waals surface area contributed by atoms with E-state index in [2.05, 4.69) is 15.9 Å². The van der Waals surface area contributed by atoms with Gasteiger partial charge in [0.25, 0.3) is 0 Å². The van der Waals surface area contributed by atoms with Crippen LogP contribution in [0.1, 0.15) is 18.1 Å². The first kappa shape index (κ1) is 17.2. The molecule has 0 aliphatic heterocycles. The molecule has 0 saturated carbocycles. The quantitative estimate of drug-likeness (QED) is 0.683. The smallest absolute Gasteiger partial charge is 0.207 e. The van der Waals surface area contributed by atoms with Crippen LogP contribution >= 0.6 is 15.9 Å². The van der Waals surface area contributed by atoms with Gasteiger partial charge in [0.05, 0.1) is 4.90 Å². The number of alkyl halides is 1. The van der Waals surface area contributed by atoms with Crippen LogP contribution in [0.2, 0.25) is 0 Å². The van der Waals surface area contributed by atoms with Crippen molar-refractivity contribution in [1.82, 2.24) is 4.31 Å². The maximum absolute atomic E-state index is 12.8. The van der Waals surface area contributed by atoms with Gasteiger partial charge in [0.2, 0.25) is 10.0 Å². The lowest BCUT2D eigenvalue weighted by Crippen LogP contribution is -2.30. The Kier molecular flexibility index (Phi) is 6.17. The van der Waals surface area contributed by atoms with E-state index in [9.17, 15) is 8.42 Å². The lowest BCUT2D eigenvalue weighted by molar-refractivity contribution is 0.423. The second kappa shape index (κ2) is 7.90. The predicted octanol–water partition coefficient (Wildman–Crippen LogP) is 3.83. The molecule has 0 bridgehead atoms. The lowest BCUT2D eigenvalue weighted by Gasteiger charge is -2.20. The summed E-state index contributed by atoms with van der Waals surface area (Å²) in [6.07, 6.45) is 0.891. The minimum absolute atomic E-state index is 0.351. The zero-order valence-corrected chi connectivity index (χ0v) is 15.0. The fourth-order valence-electron chi connectivity index (χ4n) is 2.24. The third-order valence-corrected chi connectivity index (χ3v) is 5.83. The maximum Gasteiger partial charge on any atom is 0.243 e. The third-order valence-electron chi connectivity index (χ3n) is 3.50. The second-order valence-corrected chi connectivity index (χ2v) is 7.73. The highest BCUT2D eigenvalue weighted by Crippen LogP contribution is 2.19. The summed E-state index contributed by atoms with van der Waals surface area (Å²) in [5, 5.41) is 0.869. The van der Waals surface area contributed by atoms with Crippen LogP contribution in [0, 0.1) is 0 Å². The van der Waals surface area contributed by atoms with Crippen molar-refractivity contribution in [1.29, 1.82) is 0 Å². The summed E-state index contributed by atoms with van der Waals surface area (Å²) in [6, 6.07) is 16.8. The lowest BCUT2D eigenvalue weighted by atomic mass is 10.2. The molecule has 0 atom stereocenters. The third kappa shape index (κ3) is 4.18. The van der Waals surface area contributed by atoms with E-state index in [1.165, 1.54) is 4.31 Å². The molecule has 2 aromatic carbocycles. The Morgan fingerprint density at radius 3 is 2.14 bits per heavy atom. The summed E-state index contributed by atoms with van der Waals surface area (Å²) in [5.41, 5.74) is 2.12. The van der Waals surface area contributed by atoms with E-state index in [0.717, 1.165) is 22.9 Å². The molecular formula is C17H20BrNO2S. The van der Waals surface area contributed by atoms with Gasteiger partial charge in [0.15, 0.2) is 0 Å². The number of aryl methyl sites for hydroxylation is 1. The summed E-state index contributed by atoms with van der Waals surface area (Å²) in [5.74, 6) is 0. The van der Waals surface area contributed by atoms with Gasteiger partial charge in [0, 0.05) is 18.4 Å². The first-order valence-electron chi connectivity index (χ1n) is 7.27. The molecule has 0 N–H and O–H groups in total. The molecular weight excluding hydrogens is 362 g/mol. The molecule has 5 heteroatoms. The molecule has 0 spiro atoms. The number of rotatable bonds is 7. The molecule has 2 aromatic rings. The molecule has 0 saturated heterocycles. The van der Waals surface area contributed by atoms with Crippen molar-refractivity contribution in [3.8, 4) is 0 Å². The molecule has 0 fully saturated rings. The van der Waals surface area contributed by atoms with E-state index >= 15 is 0 Å². The van der Waals surface area contributed by atoms with Crippen LogP contribution in [0.25, 0.3) is 0 Å². The van der Waals surface area contributed by atoms with E-state index in [4.69, 9.17) is 0 Å². The fourth-order valence-corrected chi connectivity index (χ4v) is 4.14. The molecule has 0 amide bonds. The first-order chi connectivity index (χ1) is 10.6. The molecule has 0 heterocycles. The van der Waals surface area contributed by atoms with Gasteiger partial charge in [-0.05, 0) is 29.7 Å². The minimum atomic E-state index is -3.46. The highest BCUT2D eigenvalue weighted by atomic mass is 79.9. The van der Waals surface area contributed by atoms with Gasteiger partial charge in [0.1, 0.15) is 0 Å². The van der Waals surface area contributed by atoms with Crippen molar-refractivity contribution in [3.05, 3.63) is 65.7 Å². The van der Waals surface area contributed by atoms with Crippen LogP contribution in [0.5, 0.6) is 0 Å². The molecule has 22 heavy (non-hydrogen) atoms. The van der Waals surface area contributed by atoms with Crippen LogP contribution in [-0.4, -0.2) is 24.6 Å². The number of halogens is 1. The van der Waals surface area contributed by atoms with E-state index in [1.54, 1.807) is 12.1 Å². The van der Waals surface area contributed by atoms with Crippen molar-refractivity contribution in [2.45, 2.75) is 24.8 Å². The first-order valence-corrected chi connectivity index (χ1v) is 9.83. The monoisotopic (exact) mass is 381 g/mol. The van der Waals surface area contributed by atoms with Gasteiger partial charge >= 0.3 is 0 Å². The number of benzene rings is 2. The molecule has 118 valence electrons. The van der Waals surface area contributed by atoms with Crippen molar-refractivity contribution in [2.75, 3.05) is 11.9 Å². The molecule has 0 aliphatic carbocycles. The van der Waals surface area contributed by atoms with E-state index in [1.807, 2.05) is 49.4 Å². The molecule has 0 unspecified atom stereocenters. The van der Waals surface area contributed by atoms with E-state index < -0.39 is 10.0 Å². The number of hydrogen-bond donors (Lipinski definition) is 0. The summed E-state index contributed by atoms with van der Waals surface area (Å²) in [6.45, 7) is 2.70. The van der Waals surface area contributed by atoms with Gasteiger partial charge < -0.3 is 0 Å². The van der Waals surface area contributed by atoms with Gasteiger partial charge in [-0.1, -0.05) is 65.3 Å². The van der Waals surface area contributed by atoms with Gasteiger partial charge in [-0.3, -0.25) is 0 Å². The van der Waals surface area contributed by atoms with Crippen LogP contribution in [-0.2, 0) is 23.0 Å². The number of nitrogens with zero attached hydrogens (tertiary/aromatic N) is 1. The van der Waals surface area contributed by atoms with Crippen LogP contribution in [0.4, 0.5) is 0 Å². The van der Waals surface area contributed by atoms with Gasteiger partial charge in [-0.2, -0.15) is 4.31 Å². The van der Waals surface area contributed by atoms with E-state index in [0.29, 0.717) is 18.0 Å². The Morgan fingerprint density at radius 1 is 0.955 bits per heavy atom. The molecule has 0 radical (unpaired) electrons.